The van der Waals surface area contributed by atoms with Gasteiger partial charge in [-0.1, -0.05) is 133 Å². The zero-order valence-corrected chi connectivity index (χ0v) is 63.2. The first-order valence-corrected chi connectivity index (χ1v) is 37.7. The molecule has 3 saturated heterocycles. The fourth-order valence-electron chi connectivity index (χ4n) is 13.9. The molecule has 0 radical (unpaired) electrons. The summed E-state index contributed by atoms with van der Waals surface area (Å²) < 4.78 is 15.2. The minimum atomic E-state index is -0.735. The number of aliphatic hydroxyl groups is 3. The fraction of sp³-hybridized carbons (Fsp3) is 0.481. The molecule has 3 aliphatic rings. The molecule has 0 bridgehead atoms. The van der Waals surface area contributed by atoms with Crippen LogP contribution >= 0.6 is 34.2 Å². The van der Waals surface area contributed by atoms with Crippen molar-refractivity contribution in [3.8, 4) is 32.2 Å². The summed E-state index contributed by atoms with van der Waals surface area (Å²) in [5.74, 6) is 0.259. The molecule has 3 fully saturated rings. The van der Waals surface area contributed by atoms with Crippen LogP contribution in [-0.4, -0.2) is 166 Å². The van der Waals surface area contributed by atoms with Crippen LogP contribution in [0.15, 0.2) is 111 Å². The number of thiazole rings is 2. The van der Waals surface area contributed by atoms with Crippen molar-refractivity contribution in [2.45, 2.75) is 201 Å². The highest BCUT2D eigenvalue weighted by atomic mass is 32.1. The lowest BCUT2D eigenvalue weighted by molar-refractivity contribution is -0.141. The van der Waals surface area contributed by atoms with E-state index in [9.17, 15) is 44.1 Å². The SMILES string of the molecule is Cc1cc([C@H](C(=O)N2C[C@H](O)C[C@H]2C(=O)C[C@@H](C)c2ccc(-c3cnco3)cc2)C(C)(C)C)on1.Cc1nc([C@H](C(=O)N2C[C@H](O)C[C@H]2C(=O)CCc2ccc(-c3scnc3C)cc2)C(C)C)n[nH]1.Cc1nc([C@H](C(=O)N2C[C@H](O)C[C@H]2C(=O)CCc2ccc(-c3scnc3C)cc2)C(C)C)ns1. The van der Waals surface area contributed by atoms with Gasteiger partial charge in [-0.2, -0.15) is 9.47 Å². The number of oxazole rings is 1. The number of Topliss-reactive ketones (excluding diaryl/α,β-unsaturated/α-hetero) is 3. The van der Waals surface area contributed by atoms with Gasteiger partial charge in [0.05, 0.1) is 80.5 Å². The Kier molecular flexibility index (Phi) is 25.3. The van der Waals surface area contributed by atoms with E-state index in [1.807, 2.05) is 143 Å². The van der Waals surface area contributed by atoms with Crippen LogP contribution in [0.2, 0.25) is 0 Å². The number of ketones is 3. The van der Waals surface area contributed by atoms with Crippen LogP contribution in [0.25, 0.3) is 32.2 Å². The predicted molar refractivity (Wildman–Crippen MR) is 394 cm³/mol. The summed E-state index contributed by atoms with van der Waals surface area (Å²) in [7, 11) is 0. The Morgan fingerprint density at radius 2 is 1.09 bits per heavy atom. The van der Waals surface area contributed by atoms with Gasteiger partial charge in [-0.05, 0) is 110 Å². The lowest BCUT2D eigenvalue weighted by atomic mass is 9.78. The normalized spacial score (nSPS) is 19.4. The topological polar surface area (TPSA) is 318 Å². The molecule has 103 heavy (non-hydrogen) atoms. The van der Waals surface area contributed by atoms with Crippen molar-refractivity contribution in [2.75, 3.05) is 19.6 Å². The Bertz CT molecular complexity index is 4160. The van der Waals surface area contributed by atoms with E-state index >= 15 is 0 Å². The molecule has 3 aromatic carbocycles. The number of H-pyrrole nitrogens is 1. The highest BCUT2D eigenvalue weighted by Gasteiger charge is 2.47. The van der Waals surface area contributed by atoms with Crippen molar-refractivity contribution in [2.24, 2.45) is 17.3 Å². The van der Waals surface area contributed by atoms with E-state index in [4.69, 9.17) is 8.94 Å². The maximum atomic E-state index is 13.7. The van der Waals surface area contributed by atoms with E-state index in [0.717, 1.165) is 59.5 Å². The number of aromatic amines is 1. The molecule has 23 nitrogen and oxygen atoms in total. The molecule has 0 saturated carbocycles. The average Bonchev–Trinajstić information content (AvgIpc) is 1.69. The molecular weight excluding hydrogens is 1370 g/mol. The molecule has 0 spiro atoms. The summed E-state index contributed by atoms with van der Waals surface area (Å²) in [4.78, 5) is 109. The van der Waals surface area contributed by atoms with Crippen molar-refractivity contribution in [3.63, 3.8) is 0 Å². The van der Waals surface area contributed by atoms with Crippen molar-refractivity contribution >= 4 is 69.3 Å². The van der Waals surface area contributed by atoms with E-state index in [2.05, 4.69) is 68.9 Å². The Labute approximate surface area is 613 Å². The molecule has 0 unspecified atom stereocenters. The summed E-state index contributed by atoms with van der Waals surface area (Å²) in [5, 5.41) is 42.8. The van der Waals surface area contributed by atoms with Crippen LogP contribution in [0.3, 0.4) is 0 Å². The standard InChI is InChI=1S/C27H33N3O5.C25H31N5O3S.C25H30N4O3S2/c1-16(18-6-8-19(9-7-18)24-13-28-15-34-24)10-22(32)21-12-20(31)14-30(21)26(33)25(27(3,4)5)23-11-17(2)29-35-23;1-14(2)22(24-27-16(4)28-29-24)25(33)30-12-19(31)11-20(30)21(32)10-7-17-5-8-18(9-6-17)23-15(3)26-13-34-23;1-14(2)22(24-27-16(4)34-28-24)25(32)29-12-19(30)11-20(29)21(31)10-7-17-5-8-18(9-6-17)23-15(3)26-13-33-23/h6-9,11,13,15-16,20-21,25,31H,10,12,14H2,1-5H3;5-6,8-9,13-14,19-20,22,31H,7,10-12H2,1-4H3,(H,27,28,29);5-6,8-9,13-14,19-20,22,30H,7,10-12H2,1-4H3/t16-,20-,21+,25-;2*19-,20+,22-/m111/s1. The maximum absolute atomic E-state index is 13.7. The lowest BCUT2D eigenvalue weighted by Crippen LogP contribution is -2.46. The number of likely N-dealkylation sites (tertiary alicyclic amines) is 3. The second-order valence-electron chi connectivity index (χ2n) is 29.2. The molecule has 0 aliphatic carbocycles. The molecule has 26 heteroatoms. The van der Waals surface area contributed by atoms with Gasteiger partial charge in [0.25, 0.3) is 0 Å². The largest absolute Gasteiger partial charge is 0.444 e. The first kappa shape index (κ1) is 77.0. The third-order valence-corrected chi connectivity index (χ3v) is 22.0. The molecule has 3 aliphatic heterocycles. The summed E-state index contributed by atoms with van der Waals surface area (Å²) in [6.45, 7) is 25.6. The molecule has 546 valence electrons. The van der Waals surface area contributed by atoms with Crippen molar-refractivity contribution in [3.05, 3.63) is 164 Å². The van der Waals surface area contributed by atoms with E-state index in [1.54, 1.807) is 56.6 Å². The summed E-state index contributed by atoms with van der Waals surface area (Å²) in [6.07, 6.45) is 3.78. The quantitative estimate of drug-likeness (QED) is 0.0462. The van der Waals surface area contributed by atoms with Crippen LogP contribution in [0.4, 0.5) is 0 Å². The Hall–Kier alpha value is -8.66. The number of aryl methyl sites for hydroxylation is 7. The van der Waals surface area contributed by atoms with Crippen molar-refractivity contribution < 1.29 is 53.0 Å². The van der Waals surface area contributed by atoms with Crippen molar-refractivity contribution in [1.29, 1.82) is 0 Å². The van der Waals surface area contributed by atoms with Crippen LogP contribution in [0.1, 0.15) is 180 Å². The molecule has 12 rings (SSSR count). The fourth-order valence-corrected chi connectivity index (χ4v) is 16.1. The number of hydrogen-bond acceptors (Lipinski definition) is 22. The molecule has 10 atom stereocenters. The molecule has 6 aromatic heterocycles. The lowest BCUT2D eigenvalue weighted by Gasteiger charge is -2.33. The first-order valence-electron chi connectivity index (χ1n) is 35.2. The van der Waals surface area contributed by atoms with E-state index in [0.29, 0.717) is 60.4 Å². The number of hydrogen-bond donors (Lipinski definition) is 4. The highest BCUT2D eigenvalue weighted by Crippen LogP contribution is 2.40. The molecule has 4 N–H and O–H groups in total. The van der Waals surface area contributed by atoms with Gasteiger partial charge >= 0.3 is 0 Å². The second-order valence-corrected chi connectivity index (χ2v) is 31.8. The monoisotopic (exact) mass is 1460 g/mol. The molecular formula is C77H94N12O11S3. The predicted octanol–water partition coefficient (Wildman–Crippen LogP) is 12.1. The van der Waals surface area contributed by atoms with E-state index in [-0.39, 0.29) is 98.1 Å². The number of nitrogens with zero attached hydrogens (tertiary/aromatic N) is 11. The Balaban J connectivity index is 0.000000166. The number of nitrogens with one attached hydrogen (secondary N) is 1. The van der Waals surface area contributed by atoms with Crippen LogP contribution < -0.4 is 0 Å². The number of amides is 3. The number of aliphatic hydroxyl groups excluding tert-OH is 3. The third kappa shape index (κ3) is 18.8. The summed E-state index contributed by atoms with van der Waals surface area (Å²) in [5.41, 5.74) is 12.2. The van der Waals surface area contributed by atoms with Crippen LogP contribution in [0, 0.1) is 51.9 Å². The Morgan fingerprint density at radius 3 is 1.49 bits per heavy atom. The number of carbonyl (C=O) groups is 6. The van der Waals surface area contributed by atoms with Gasteiger partial charge in [0, 0.05) is 69.8 Å². The van der Waals surface area contributed by atoms with E-state index < -0.39 is 59.6 Å². The maximum Gasteiger partial charge on any atom is 0.234 e. The third-order valence-electron chi connectivity index (χ3n) is 19.4. The Morgan fingerprint density at radius 1 is 0.612 bits per heavy atom. The van der Waals surface area contributed by atoms with Gasteiger partial charge in [0.2, 0.25) is 17.7 Å². The number of rotatable bonds is 23. The van der Waals surface area contributed by atoms with Crippen molar-refractivity contribution in [1.82, 2.24) is 59.3 Å². The minimum absolute atomic E-state index is 0.0165. The summed E-state index contributed by atoms with van der Waals surface area (Å²) >= 11 is 4.50. The van der Waals surface area contributed by atoms with Gasteiger partial charge in [0.15, 0.2) is 41.2 Å². The van der Waals surface area contributed by atoms with Crippen LogP contribution in [-0.2, 0) is 41.6 Å². The average molecular weight is 1460 g/mol. The number of carbonyl (C=O) groups excluding carboxylic acids is 6. The number of β-amino-alcohol motifs (C(OH)–C–C–N with tert-alkyl or cyclic N) is 3. The van der Waals surface area contributed by atoms with E-state index in [1.165, 1.54) is 17.9 Å². The zero-order valence-electron chi connectivity index (χ0n) is 60.8. The minimum Gasteiger partial charge on any atom is -0.444 e. The van der Waals surface area contributed by atoms with Gasteiger partial charge in [-0.25, -0.2) is 24.9 Å². The van der Waals surface area contributed by atoms with Crippen LogP contribution in [0.5, 0.6) is 0 Å². The summed E-state index contributed by atoms with van der Waals surface area (Å²) in [6, 6.07) is 24.1. The van der Waals surface area contributed by atoms with Gasteiger partial charge < -0.3 is 39.0 Å². The molecule has 9 aromatic rings. The van der Waals surface area contributed by atoms with Gasteiger partial charge in [-0.3, -0.25) is 33.9 Å². The molecule has 9 heterocycles. The number of benzene rings is 3. The first-order chi connectivity index (χ1) is 49.0. The highest BCUT2D eigenvalue weighted by molar-refractivity contribution is 7.13. The number of aromatic nitrogens is 9. The van der Waals surface area contributed by atoms with Gasteiger partial charge in [0.1, 0.15) is 34.3 Å². The smallest absolute Gasteiger partial charge is 0.234 e. The zero-order chi connectivity index (χ0) is 74.1. The molecule has 3 amide bonds. The second kappa shape index (κ2) is 33.8. The van der Waals surface area contributed by atoms with Gasteiger partial charge in [-0.15, -0.1) is 22.7 Å².